The van der Waals surface area contributed by atoms with Crippen molar-refractivity contribution in [1.29, 1.82) is 0 Å². The van der Waals surface area contributed by atoms with E-state index in [-0.39, 0.29) is 18.8 Å². The third kappa shape index (κ3) is 3.01. The molecule has 1 N–H and O–H groups in total. The number of rotatable bonds is 4. The first-order valence-electron chi connectivity index (χ1n) is 7.37. The number of anilines is 1. The Morgan fingerprint density at radius 3 is 2.67 bits per heavy atom. The molecule has 0 saturated carbocycles. The Bertz CT molecular complexity index is 763. The number of carbonyl (C=O) groups excluding carboxylic acids is 1. The number of methoxy groups -OCH3 is 1. The zero-order valence-corrected chi connectivity index (χ0v) is 13.0. The summed E-state index contributed by atoms with van der Waals surface area (Å²) in [7, 11) is 1.45. The van der Waals surface area contributed by atoms with Crippen molar-refractivity contribution in [2.24, 2.45) is 0 Å². The van der Waals surface area contributed by atoms with Gasteiger partial charge in [-0.25, -0.2) is 14.5 Å². The second kappa shape index (κ2) is 6.57. The standard InChI is InChI=1S/C17H16N2O5/c1-23-14-8-7-12-9-13(16(20)21)19(15(12)18-14)17(22)24-10-11-5-3-2-4-6-11/h2-8,13H,9-10H2,1H3,(H,20,21). The first kappa shape index (κ1) is 15.8. The monoisotopic (exact) mass is 328 g/mol. The summed E-state index contributed by atoms with van der Waals surface area (Å²) in [6.07, 6.45) is -0.562. The lowest BCUT2D eigenvalue weighted by Crippen LogP contribution is -2.43. The Kier molecular flexibility index (Phi) is 4.33. The lowest BCUT2D eigenvalue weighted by molar-refractivity contribution is -0.138. The van der Waals surface area contributed by atoms with Gasteiger partial charge in [-0.1, -0.05) is 30.3 Å². The molecule has 0 radical (unpaired) electrons. The van der Waals surface area contributed by atoms with Crippen molar-refractivity contribution in [3.8, 4) is 5.88 Å². The number of carbonyl (C=O) groups is 2. The molecule has 0 aliphatic carbocycles. The van der Waals surface area contributed by atoms with E-state index in [4.69, 9.17) is 9.47 Å². The molecular formula is C17H16N2O5. The fourth-order valence-corrected chi connectivity index (χ4v) is 2.59. The van der Waals surface area contributed by atoms with Gasteiger partial charge in [0.1, 0.15) is 18.5 Å². The zero-order valence-electron chi connectivity index (χ0n) is 13.0. The average Bonchev–Trinajstić information content (AvgIpc) is 2.99. The Balaban J connectivity index is 1.83. The summed E-state index contributed by atoms with van der Waals surface area (Å²) in [5.74, 6) is -0.538. The van der Waals surface area contributed by atoms with Crippen molar-refractivity contribution in [2.75, 3.05) is 12.0 Å². The van der Waals surface area contributed by atoms with Gasteiger partial charge in [-0.15, -0.1) is 0 Å². The molecular weight excluding hydrogens is 312 g/mol. The molecule has 0 bridgehead atoms. The molecule has 0 fully saturated rings. The molecule has 7 nitrogen and oxygen atoms in total. The molecule has 2 aromatic rings. The molecule has 1 aliphatic rings. The summed E-state index contributed by atoms with van der Waals surface area (Å²) in [5.41, 5.74) is 1.48. The number of benzene rings is 1. The first-order chi connectivity index (χ1) is 11.6. The molecule has 1 aromatic carbocycles. The van der Waals surface area contributed by atoms with Gasteiger partial charge in [0.15, 0.2) is 0 Å². The van der Waals surface area contributed by atoms with Gasteiger partial charge in [-0.3, -0.25) is 0 Å². The highest BCUT2D eigenvalue weighted by Crippen LogP contribution is 2.33. The van der Waals surface area contributed by atoms with Crippen LogP contribution in [-0.4, -0.2) is 35.3 Å². The quantitative estimate of drug-likeness (QED) is 0.926. The van der Waals surface area contributed by atoms with E-state index >= 15 is 0 Å². The number of nitrogens with zero attached hydrogens (tertiary/aromatic N) is 2. The van der Waals surface area contributed by atoms with Crippen molar-refractivity contribution in [2.45, 2.75) is 19.1 Å². The van der Waals surface area contributed by atoms with Crippen LogP contribution in [0.3, 0.4) is 0 Å². The van der Waals surface area contributed by atoms with Gasteiger partial charge >= 0.3 is 12.1 Å². The van der Waals surface area contributed by atoms with Gasteiger partial charge in [-0.2, -0.15) is 4.98 Å². The number of pyridine rings is 1. The molecule has 2 heterocycles. The van der Waals surface area contributed by atoms with Crippen LogP contribution < -0.4 is 9.64 Å². The van der Waals surface area contributed by atoms with Gasteiger partial charge in [0.05, 0.1) is 7.11 Å². The van der Waals surface area contributed by atoms with Crippen LogP contribution in [0.25, 0.3) is 0 Å². The fourth-order valence-electron chi connectivity index (χ4n) is 2.59. The Morgan fingerprint density at radius 1 is 1.25 bits per heavy atom. The van der Waals surface area contributed by atoms with Crippen LogP contribution in [0.1, 0.15) is 11.1 Å². The highest BCUT2D eigenvalue weighted by molar-refractivity contribution is 5.97. The third-order valence-corrected chi connectivity index (χ3v) is 3.78. The van der Waals surface area contributed by atoms with Crippen molar-refractivity contribution in [3.63, 3.8) is 0 Å². The number of carboxylic acid groups (broad SMARTS) is 1. The molecule has 124 valence electrons. The lowest BCUT2D eigenvalue weighted by Gasteiger charge is -2.21. The van der Waals surface area contributed by atoms with E-state index in [1.54, 1.807) is 12.1 Å². The predicted molar refractivity (Wildman–Crippen MR) is 85.0 cm³/mol. The van der Waals surface area contributed by atoms with Gasteiger partial charge < -0.3 is 14.6 Å². The minimum absolute atomic E-state index is 0.0574. The predicted octanol–water partition coefficient (Wildman–Crippen LogP) is 2.24. The van der Waals surface area contributed by atoms with Crippen molar-refractivity contribution in [3.05, 3.63) is 53.6 Å². The van der Waals surface area contributed by atoms with E-state index in [1.807, 2.05) is 30.3 Å². The maximum Gasteiger partial charge on any atom is 0.416 e. The van der Waals surface area contributed by atoms with Crippen LogP contribution in [0.15, 0.2) is 42.5 Å². The van der Waals surface area contributed by atoms with Crippen LogP contribution >= 0.6 is 0 Å². The Morgan fingerprint density at radius 2 is 2.00 bits per heavy atom. The Labute approximate surface area is 138 Å². The van der Waals surface area contributed by atoms with Gasteiger partial charge in [0, 0.05) is 12.5 Å². The molecule has 1 aromatic heterocycles. The minimum atomic E-state index is -1.11. The molecule has 3 rings (SSSR count). The lowest BCUT2D eigenvalue weighted by atomic mass is 10.1. The van der Waals surface area contributed by atoms with Gasteiger partial charge in [-0.05, 0) is 17.2 Å². The summed E-state index contributed by atoms with van der Waals surface area (Å²) in [4.78, 5) is 29.2. The SMILES string of the molecule is COc1ccc2c(n1)N(C(=O)OCc1ccccc1)C(C(=O)O)C2. The highest BCUT2D eigenvalue weighted by atomic mass is 16.6. The summed E-state index contributed by atoms with van der Waals surface area (Å²) in [6.45, 7) is 0.0574. The molecule has 1 aliphatic heterocycles. The Hall–Kier alpha value is -3.09. The maximum atomic E-state index is 12.5. The van der Waals surface area contributed by atoms with E-state index in [0.717, 1.165) is 10.5 Å². The molecule has 0 spiro atoms. The van der Waals surface area contributed by atoms with E-state index in [1.165, 1.54) is 7.11 Å². The summed E-state index contributed by atoms with van der Waals surface area (Å²) >= 11 is 0. The van der Waals surface area contributed by atoms with Crippen LogP contribution in [-0.2, 0) is 22.6 Å². The van der Waals surface area contributed by atoms with E-state index in [2.05, 4.69) is 4.98 Å². The van der Waals surface area contributed by atoms with Crippen LogP contribution in [0.5, 0.6) is 5.88 Å². The second-order valence-corrected chi connectivity index (χ2v) is 5.30. The molecule has 1 atom stereocenters. The number of fused-ring (bicyclic) bond motifs is 1. The van der Waals surface area contributed by atoms with E-state index < -0.39 is 18.1 Å². The molecule has 1 amide bonds. The number of hydrogen-bond acceptors (Lipinski definition) is 5. The van der Waals surface area contributed by atoms with Crippen molar-refractivity contribution in [1.82, 2.24) is 4.98 Å². The minimum Gasteiger partial charge on any atom is -0.481 e. The van der Waals surface area contributed by atoms with Crippen LogP contribution in [0.2, 0.25) is 0 Å². The third-order valence-electron chi connectivity index (χ3n) is 3.78. The van der Waals surface area contributed by atoms with E-state index in [0.29, 0.717) is 11.4 Å². The number of aliphatic carboxylic acids is 1. The maximum absolute atomic E-state index is 12.5. The number of amides is 1. The normalized spacial score (nSPS) is 15.7. The number of aromatic nitrogens is 1. The molecule has 24 heavy (non-hydrogen) atoms. The topological polar surface area (TPSA) is 89.0 Å². The molecule has 7 heteroatoms. The van der Waals surface area contributed by atoms with Crippen molar-refractivity contribution < 1.29 is 24.2 Å². The summed E-state index contributed by atoms with van der Waals surface area (Å²) in [6, 6.07) is 11.5. The number of ether oxygens (including phenoxy) is 2. The zero-order chi connectivity index (χ0) is 17.1. The largest absolute Gasteiger partial charge is 0.481 e. The first-order valence-corrected chi connectivity index (χ1v) is 7.37. The molecule has 0 saturated heterocycles. The highest BCUT2D eigenvalue weighted by Gasteiger charge is 2.41. The summed E-state index contributed by atoms with van der Waals surface area (Å²) in [5, 5.41) is 9.41. The van der Waals surface area contributed by atoms with Crippen molar-refractivity contribution >= 4 is 17.9 Å². The van der Waals surface area contributed by atoms with Gasteiger partial charge in [0.25, 0.3) is 0 Å². The summed E-state index contributed by atoms with van der Waals surface area (Å²) < 4.78 is 10.3. The van der Waals surface area contributed by atoms with Crippen LogP contribution in [0.4, 0.5) is 10.6 Å². The van der Waals surface area contributed by atoms with Crippen LogP contribution in [0, 0.1) is 0 Å². The van der Waals surface area contributed by atoms with Gasteiger partial charge in [0.2, 0.25) is 5.88 Å². The van der Waals surface area contributed by atoms with E-state index in [9.17, 15) is 14.7 Å². The fraction of sp³-hybridized carbons (Fsp3) is 0.235. The number of hydrogen-bond donors (Lipinski definition) is 1. The number of carboxylic acids is 1. The smallest absolute Gasteiger partial charge is 0.416 e. The second-order valence-electron chi connectivity index (χ2n) is 5.30. The average molecular weight is 328 g/mol. The molecule has 1 unspecified atom stereocenters.